The average molecular weight is 413 g/mol. The summed E-state index contributed by atoms with van der Waals surface area (Å²) in [6.07, 6.45) is 17.1. The Morgan fingerprint density at radius 3 is 2.50 bits per heavy atom. The summed E-state index contributed by atoms with van der Waals surface area (Å²) >= 11 is 0. The van der Waals surface area contributed by atoms with Crippen molar-refractivity contribution in [1.29, 1.82) is 0 Å². The van der Waals surface area contributed by atoms with Gasteiger partial charge in [-0.3, -0.25) is 4.79 Å². The Kier molecular flexibility index (Phi) is 6.95. The summed E-state index contributed by atoms with van der Waals surface area (Å²) in [6.45, 7) is 3.85. The third-order valence-corrected chi connectivity index (χ3v) is 8.30. The van der Waals surface area contributed by atoms with Gasteiger partial charge in [0.05, 0.1) is 5.92 Å². The van der Waals surface area contributed by atoms with Gasteiger partial charge < -0.3 is 4.74 Å². The average Bonchev–Trinajstić information content (AvgIpc) is 2.76. The van der Waals surface area contributed by atoms with E-state index in [1.165, 1.54) is 51.0 Å². The number of hydrogen-bond acceptors (Lipinski definition) is 2. The highest BCUT2D eigenvalue weighted by molar-refractivity contribution is 5.75. The van der Waals surface area contributed by atoms with Crippen molar-refractivity contribution in [3.63, 3.8) is 0 Å². The summed E-state index contributed by atoms with van der Waals surface area (Å²) in [5.74, 6) is 3.52. The van der Waals surface area contributed by atoms with E-state index in [1.54, 1.807) is 19.1 Å². The molecule has 4 rings (SSSR count). The molecule has 4 unspecified atom stereocenters. The molecule has 2 nitrogen and oxygen atoms in total. The SMILES string of the molecule is C/C=C/C1CCC(C2CCC3C(CCCC3C(=O)Oc3ccc(C)c(F)c3)C2)CC1. The zero-order valence-corrected chi connectivity index (χ0v) is 18.6. The molecule has 0 amide bonds. The van der Waals surface area contributed by atoms with Crippen LogP contribution in [-0.2, 0) is 4.79 Å². The van der Waals surface area contributed by atoms with Gasteiger partial charge in [0.15, 0.2) is 0 Å². The fraction of sp³-hybridized carbons (Fsp3) is 0.667. The second-order valence-electron chi connectivity index (χ2n) is 10.1. The van der Waals surface area contributed by atoms with Crippen LogP contribution in [-0.4, -0.2) is 5.97 Å². The highest BCUT2D eigenvalue weighted by Gasteiger charge is 2.43. The summed E-state index contributed by atoms with van der Waals surface area (Å²) in [5.41, 5.74) is 0.575. The minimum atomic E-state index is -0.313. The fourth-order valence-corrected chi connectivity index (χ4v) is 6.63. The maximum atomic E-state index is 13.8. The van der Waals surface area contributed by atoms with E-state index in [-0.39, 0.29) is 17.7 Å². The number of aryl methyl sites for hydroxylation is 1. The first-order valence-corrected chi connectivity index (χ1v) is 12.2. The van der Waals surface area contributed by atoms with Crippen LogP contribution >= 0.6 is 0 Å². The van der Waals surface area contributed by atoms with Crippen LogP contribution in [0.4, 0.5) is 4.39 Å². The first-order chi connectivity index (χ1) is 14.5. The first kappa shape index (κ1) is 21.6. The standard InChI is InChI=1S/C27H37FO2/c1-3-5-19-9-11-20(12-10-19)21-13-15-24-22(16-21)6-4-7-25(24)27(29)30-23-14-8-18(2)26(28)17-23/h3,5,8,14,17,19-22,24-25H,4,6-7,9-13,15-16H2,1-2H3/b5-3+. The van der Waals surface area contributed by atoms with Crippen molar-refractivity contribution >= 4 is 5.97 Å². The second-order valence-corrected chi connectivity index (χ2v) is 10.1. The van der Waals surface area contributed by atoms with Crippen LogP contribution in [0.1, 0.15) is 76.7 Å². The molecule has 0 saturated heterocycles. The molecule has 0 aliphatic heterocycles. The topological polar surface area (TPSA) is 26.3 Å². The van der Waals surface area contributed by atoms with Crippen molar-refractivity contribution in [3.8, 4) is 5.75 Å². The predicted molar refractivity (Wildman–Crippen MR) is 119 cm³/mol. The van der Waals surface area contributed by atoms with E-state index in [2.05, 4.69) is 19.1 Å². The van der Waals surface area contributed by atoms with Crippen LogP contribution in [0.2, 0.25) is 0 Å². The summed E-state index contributed by atoms with van der Waals surface area (Å²) in [5, 5.41) is 0. The quantitative estimate of drug-likeness (QED) is 0.296. The lowest BCUT2D eigenvalue weighted by Crippen LogP contribution is -2.40. The maximum absolute atomic E-state index is 13.8. The molecule has 0 aromatic heterocycles. The van der Waals surface area contributed by atoms with Gasteiger partial charge in [0.25, 0.3) is 0 Å². The van der Waals surface area contributed by atoms with Gasteiger partial charge in [-0.25, -0.2) is 4.39 Å². The third kappa shape index (κ3) is 4.81. The number of ether oxygens (including phenoxy) is 1. The molecule has 3 heteroatoms. The number of halogens is 1. The van der Waals surface area contributed by atoms with Crippen LogP contribution in [0.25, 0.3) is 0 Å². The Hall–Kier alpha value is -1.64. The Morgan fingerprint density at radius 2 is 1.77 bits per heavy atom. The van der Waals surface area contributed by atoms with Gasteiger partial charge in [-0.1, -0.05) is 31.1 Å². The van der Waals surface area contributed by atoms with E-state index in [0.29, 0.717) is 23.1 Å². The van der Waals surface area contributed by atoms with Crippen molar-refractivity contribution in [2.24, 2.45) is 35.5 Å². The molecule has 0 heterocycles. The number of allylic oxidation sites excluding steroid dienone is 2. The van der Waals surface area contributed by atoms with Crippen LogP contribution in [0.5, 0.6) is 5.75 Å². The minimum absolute atomic E-state index is 0.0144. The Morgan fingerprint density at radius 1 is 1.00 bits per heavy atom. The number of esters is 1. The minimum Gasteiger partial charge on any atom is -0.426 e. The molecule has 1 aromatic rings. The van der Waals surface area contributed by atoms with E-state index in [4.69, 9.17) is 4.74 Å². The summed E-state index contributed by atoms with van der Waals surface area (Å²) in [6, 6.07) is 4.73. The summed E-state index contributed by atoms with van der Waals surface area (Å²) < 4.78 is 19.5. The molecular weight excluding hydrogens is 375 g/mol. The monoisotopic (exact) mass is 412 g/mol. The number of hydrogen-bond donors (Lipinski definition) is 0. The van der Waals surface area contributed by atoms with Crippen LogP contribution < -0.4 is 4.74 Å². The lowest BCUT2D eigenvalue weighted by atomic mass is 9.59. The third-order valence-electron chi connectivity index (χ3n) is 8.30. The molecule has 4 atom stereocenters. The molecule has 1 aromatic carbocycles. The van der Waals surface area contributed by atoms with Gasteiger partial charge in [-0.15, -0.1) is 0 Å². The van der Waals surface area contributed by atoms with E-state index in [1.807, 2.05) is 0 Å². The number of benzene rings is 1. The fourth-order valence-electron chi connectivity index (χ4n) is 6.63. The lowest BCUT2D eigenvalue weighted by molar-refractivity contribution is -0.144. The first-order valence-electron chi connectivity index (χ1n) is 12.2. The van der Waals surface area contributed by atoms with Gasteiger partial charge >= 0.3 is 5.97 Å². The van der Waals surface area contributed by atoms with Crippen LogP contribution in [0.3, 0.4) is 0 Å². The van der Waals surface area contributed by atoms with Crippen molar-refractivity contribution < 1.29 is 13.9 Å². The van der Waals surface area contributed by atoms with E-state index in [9.17, 15) is 9.18 Å². The summed E-state index contributed by atoms with van der Waals surface area (Å²) in [4.78, 5) is 12.9. The van der Waals surface area contributed by atoms with Gasteiger partial charge in [0.2, 0.25) is 0 Å². The normalized spacial score (nSPS) is 34.5. The van der Waals surface area contributed by atoms with Crippen molar-refractivity contribution in [2.75, 3.05) is 0 Å². The molecule has 164 valence electrons. The Balaban J connectivity index is 1.34. The second kappa shape index (κ2) is 9.66. The zero-order valence-electron chi connectivity index (χ0n) is 18.6. The lowest BCUT2D eigenvalue weighted by Gasteiger charge is -2.45. The van der Waals surface area contributed by atoms with Crippen molar-refractivity contribution in [1.82, 2.24) is 0 Å². The molecule has 30 heavy (non-hydrogen) atoms. The highest BCUT2D eigenvalue weighted by Crippen LogP contribution is 2.50. The summed E-state index contributed by atoms with van der Waals surface area (Å²) in [7, 11) is 0. The van der Waals surface area contributed by atoms with Gasteiger partial charge in [-0.05, 0) is 106 Å². The largest absolute Gasteiger partial charge is 0.426 e. The predicted octanol–water partition coefficient (Wildman–Crippen LogP) is 7.25. The Labute approximate surface area is 181 Å². The van der Waals surface area contributed by atoms with E-state index >= 15 is 0 Å². The molecule has 3 saturated carbocycles. The number of carbonyl (C=O) groups excluding carboxylic acids is 1. The van der Waals surface area contributed by atoms with Crippen LogP contribution in [0, 0.1) is 48.2 Å². The molecule has 3 fully saturated rings. The zero-order chi connectivity index (χ0) is 21.1. The van der Waals surface area contributed by atoms with E-state index < -0.39 is 0 Å². The number of fused-ring (bicyclic) bond motifs is 1. The van der Waals surface area contributed by atoms with Gasteiger partial charge in [0.1, 0.15) is 11.6 Å². The molecule has 0 bridgehead atoms. The van der Waals surface area contributed by atoms with Crippen molar-refractivity contribution in [3.05, 3.63) is 41.7 Å². The highest BCUT2D eigenvalue weighted by atomic mass is 19.1. The van der Waals surface area contributed by atoms with Gasteiger partial charge in [-0.2, -0.15) is 0 Å². The van der Waals surface area contributed by atoms with Crippen LogP contribution in [0.15, 0.2) is 30.4 Å². The molecule has 3 aliphatic rings. The Bertz CT molecular complexity index is 762. The number of rotatable bonds is 4. The molecule has 0 radical (unpaired) electrons. The number of carbonyl (C=O) groups is 1. The van der Waals surface area contributed by atoms with E-state index in [0.717, 1.165) is 37.0 Å². The molecule has 0 N–H and O–H groups in total. The molecule has 3 aliphatic carbocycles. The molecule has 0 spiro atoms. The van der Waals surface area contributed by atoms with Gasteiger partial charge in [0, 0.05) is 6.07 Å². The maximum Gasteiger partial charge on any atom is 0.314 e. The van der Waals surface area contributed by atoms with Crippen molar-refractivity contribution in [2.45, 2.75) is 78.1 Å². The smallest absolute Gasteiger partial charge is 0.314 e. The molecular formula is C27H37FO2.